The van der Waals surface area contributed by atoms with Crippen LogP contribution in [0.2, 0.25) is 0 Å². The topological polar surface area (TPSA) is 62.1 Å². The van der Waals surface area contributed by atoms with Gasteiger partial charge in [0.25, 0.3) is 0 Å². The number of amides is 1. The van der Waals surface area contributed by atoms with Crippen molar-refractivity contribution in [2.75, 3.05) is 11.9 Å². The van der Waals surface area contributed by atoms with Crippen molar-refractivity contribution in [3.05, 3.63) is 23.8 Å². The van der Waals surface area contributed by atoms with Gasteiger partial charge in [0.05, 0.1) is 24.3 Å². The molecule has 0 spiro atoms. The Labute approximate surface area is 81.1 Å². The van der Waals surface area contributed by atoms with Crippen molar-refractivity contribution in [2.24, 2.45) is 0 Å². The minimum Gasteiger partial charge on any atom is -0.489 e. The molecule has 1 aliphatic heterocycles. The Morgan fingerprint density at radius 1 is 1.50 bits per heavy atom. The van der Waals surface area contributed by atoms with Crippen LogP contribution in [-0.2, 0) is 4.79 Å². The lowest BCUT2D eigenvalue weighted by Gasteiger charge is -2.07. The third kappa shape index (κ3) is 1.40. The average Bonchev–Trinajstić information content (AvgIpc) is 2.37. The van der Waals surface area contributed by atoms with Gasteiger partial charge in [-0.3, -0.25) is 4.79 Å². The van der Waals surface area contributed by atoms with E-state index in [0.29, 0.717) is 30.0 Å². The molecule has 1 aromatic carbocycles. The van der Waals surface area contributed by atoms with Gasteiger partial charge in [0.2, 0.25) is 5.91 Å². The van der Waals surface area contributed by atoms with E-state index in [-0.39, 0.29) is 5.91 Å². The van der Waals surface area contributed by atoms with Gasteiger partial charge >= 0.3 is 0 Å². The van der Waals surface area contributed by atoms with Crippen LogP contribution in [0.25, 0.3) is 0 Å². The quantitative estimate of drug-likeness (QED) is 0.667. The Morgan fingerprint density at radius 3 is 3.14 bits per heavy atom. The van der Waals surface area contributed by atoms with Crippen molar-refractivity contribution in [2.45, 2.75) is 6.42 Å². The van der Waals surface area contributed by atoms with E-state index >= 15 is 0 Å². The molecule has 0 atom stereocenters. The summed E-state index contributed by atoms with van der Waals surface area (Å²) in [5.74, 6) is 0.389. The first kappa shape index (κ1) is 8.57. The molecule has 0 unspecified atom stereocenters. The van der Waals surface area contributed by atoms with Crippen molar-refractivity contribution in [1.82, 2.24) is 0 Å². The zero-order valence-electron chi connectivity index (χ0n) is 7.41. The van der Waals surface area contributed by atoms with Crippen molar-refractivity contribution in [3.8, 4) is 11.8 Å². The van der Waals surface area contributed by atoms with E-state index in [1.807, 2.05) is 6.07 Å². The summed E-state index contributed by atoms with van der Waals surface area (Å²) in [4.78, 5) is 11.2. The Morgan fingerprint density at radius 2 is 2.36 bits per heavy atom. The fraction of sp³-hybridized carbons (Fsp3) is 0.200. The minimum absolute atomic E-state index is 0.0844. The first-order chi connectivity index (χ1) is 6.81. The molecular weight excluding hydrogens is 180 g/mol. The van der Waals surface area contributed by atoms with Crippen molar-refractivity contribution < 1.29 is 9.53 Å². The molecule has 14 heavy (non-hydrogen) atoms. The first-order valence-corrected chi connectivity index (χ1v) is 4.27. The summed E-state index contributed by atoms with van der Waals surface area (Å²) in [5.41, 5.74) is 1.02. The summed E-state index contributed by atoms with van der Waals surface area (Å²) >= 11 is 0. The van der Waals surface area contributed by atoms with Gasteiger partial charge in [-0.1, -0.05) is 6.07 Å². The van der Waals surface area contributed by atoms with Gasteiger partial charge in [-0.2, -0.15) is 5.26 Å². The van der Waals surface area contributed by atoms with E-state index in [9.17, 15) is 4.79 Å². The molecule has 4 nitrogen and oxygen atoms in total. The number of carbonyl (C=O) groups excluding carboxylic acids is 1. The van der Waals surface area contributed by atoms with E-state index in [4.69, 9.17) is 10.00 Å². The molecule has 1 heterocycles. The largest absolute Gasteiger partial charge is 0.489 e. The normalized spacial score (nSPS) is 14.4. The number of fused-ring (bicyclic) bond motifs is 1. The van der Waals surface area contributed by atoms with Crippen molar-refractivity contribution >= 4 is 11.6 Å². The van der Waals surface area contributed by atoms with E-state index in [1.54, 1.807) is 18.2 Å². The van der Waals surface area contributed by atoms with E-state index < -0.39 is 0 Å². The Bertz CT molecular complexity index is 421. The van der Waals surface area contributed by atoms with Crippen LogP contribution in [0.1, 0.15) is 12.0 Å². The SMILES string of the molecule is N#Cc1cccc2c1OCCC(=O)N2. The molecule has 0 aliphatic carbocycles. The van der Waals surface area contributed by atoms with E-state index in [2.05, 4.69) is 5.32 Å². The summed E-state index contributed by atoms with van der Waals surface area (Å²) in [6.45, 7) is 0.317. The lowest BCUT2D eigenvalue weighted by Crippen LogP contribution is -2.10. The summed E-state index contributed by atoms with van der Waals surface area (Å²) in [6, 6.07) is 7.12. The third-order valence-corrected chi connectivity index (χ3v) is 1.99. The number of nitrogens with one attached hydrogen (secondary N) is 1. The molecule has 0 aromatic heterocycles. The Balaban J connectivity index is 2.50. The molecule has 0 saturated heterocycles. The highest BCUT2D eigenvalue weighted by molar-refractivity contribution is 5.93. The highest BCUT2D eigenvalue weighted by Gasteiger charge is 2.16. The lowest BCUT2D eigenvalue weighted by atomic mass is 10.2. The van der Waals surface area contributed by atoms with E-state index in [0.717, 1.165) is 0 Å². The fourth-order valence-electron chi connectivity index (χ4n) is 1.34. The first-order valence-electron chi connectivity index (χ1n) is 4.27. The number of anilines is 1. The van der Waals surface area contributed by atoms with E-state index in [1.165, 1.54) is 0 Å². The second-order valence-electron chi connectivity index (χ2n) is 2.94. The predicted octanol–water partition coefficient (Wildman–Crippen LogP) is 1.28. The molecule has 1 aliphatic rings. The summed E-state index contributed by atoms with van der Waals surface area (Å²) in [5, 5.41) is 11.5. The molecule has 1 amide bonds. The summed E-state index contributed by atoms with van der Waals surface area (Å²) in [6.07, 6.45) is 0.319. The van der Waals surface area contributed by atoms with Gasteiger partial charge in [-0.05, 0) is 12.1 Å². The van der Waals surface area contributed by atoms with Gasteiger partial charge < -0.3 is 10.1 Å². The van der Waals surface area contributed by atoms with Crippen LogP contribution in [0, 0.1) is 11.3 Å². The fourth-order valence-corrected chi connectivity index (χ4v) is 1.34. The molecule has 1 N–H and O–H groups in total. The number of nitriles is 1. The maximum atomic E-state index is 11.2. The highest BCUT2D eigenvalue weighted by atomic mass is 16.5. The van der Waals surface area contributed by atoms with Crippen LogP contribution >= 0.6 is 0 Å². The molecular formula is C10H8N2O2. The van der Waals surface area contributed by atoms with Crippen LogP contribution in [0.5, 0.6) is 5.75 Å². The van der Waals surface area contributed by atoms with Crippen LogP contribution in [-0.4, -0.2) is 12.5 Å². The predicted molar refractivity (Wildman–Crippen MR) is 49.9 cm³/mol. The molecule has 70 valence electrons. The maximum absolute atomic E-state index is 11.2. The average molecular weight is 188 g/mol. The van der Waals surface area contributed by atoms with Crippen molar-refractivity contribution in [1.29, 1.82) is 5.26 Å². The van der Waals surface area contributed by atoms with Crippen LogP contribution in [0.15, 0.2) is 18.2 Å². The number of benzene rings is 1. The van der Waals surface area contributed by atoms with Gasteiger partial charge in [-0.15, -0.1) is 0 Å². The number of ether oxygens (including phenoxy) is 1. The third-order valence-electron chi connectivity index (χ3n) is 1.99. The van der Waals surface area contributed by atoms with Crippen LogP contribution in [0.4, 0.5) is 5.69 Å². The molecule has 0 fully saturated rings. The minimum atomic E-state index is -0.0844. The number of hydrogen-bond donors (Lipinski definition) is 1. The highest BCUT2D eigenvalue weighted by Crippen LogP contribution is 2.30. The number of rotatable bonds is 0. The van der Waals surface area contributed by atoms with Gasteiger partial charge in [0, 0.05) is 0 Å². The summed E-state index contributed by atoms with van der Waals surface area (Å²) < 4.78 is 5.34. The Hall–Kier alpha value is -2.02. The number of hydrogen-bond acceptors (Lipinski definition) is 3. The summed E-state index contributed by atoms with van der Waals surface area (Å²) in [7, 11) is 0. The maximum Gasteiger partial charge on any atom is 0.227 e. The van der Waals surface area contributed by atoms with Gasteiger partial charge in [0.15, 0.2) is 5.75 Å². The van der Waals surface area contributed by atoms with Crippen molar-refractivity contribution in [3.63, 3.8) is 0 Å². The molecule has 0 bridgehead atoms. The molecule has 0 saturated carbocycles. The van der Waals surface area contributed by atoms with Gasteiger partial charge in [0.1, 0.15) is 6.07 Å². The zero-order valence-corrected chi connectivity index (χ0v) is 7.41. The second kappa shape index (κ2) is 3.38. The van der Waals surface area contributed by atoms with Crippen LogP contribution < -0.4 is 10.1 Å². The lowest BCUT2D eigenvalue weighted by molar-refractivity contribution is -0.116. The molecule has 0 radical (unpaired) electrons. The number of para-hydroxylation sites is 1. The molecule has 2 rings (SSSR count). The monoisotopic (exact) mass is 188 g/mol. The number of nitrogens with zero attached hydrogens (tertiary/aromatic N) is 1. The Kier molecular flexibility index (Phi) is 2.07. The standard InChI is InChI=1S/C10H8N2O2/c11-6-7-2-1-3-8-10(7)14-5-4-9(13)12-8/h1-3H,4-5H2,(H,12,13). The smallest absolute Gasteiger partial charge is 0.227 e. The molecule has 4 heteroatoms. The van der Waals surface area contributed by atoms with Gasteiger partial charge in [-0.25, -0.2) is 0 Å². The van der Waals surface area contributed by atoms with Crippen LogP contribution in [0.3, 0.4) is 0 Å². The number of carbonyl (C=O) groups is 1. The molecule has 1 aromatic rings. The zero-order chi connectivity index (χ0) is 9.97. The second-order valence-corrected chi connectivity index (χ2v) is 2.94.